The first-order chi connectivity index (χ1) is 16.6. The van der Waals surface area contributed by atoms with Gasteiger partial charge in [-0.25, -0.2) is 4.98 Å². The Hall–Kier alpha value is -3.62. The van der Waals surface area contributed by atoms with Crippen LogP contribution in [0.1, 0.15) is 12.8 Å². The Labute approximate surface area is 204 Å². The predicted molar refractivity (Wildman–Crippen MR) is 133 cm³/mol. The third kappa shape index (κ3) is 4.42. The minimum atomic E-state index is -0.174. The number of aromatic nitrogens is 4. The van der Waals surface area contributed by atoms with Crippen LogP contribution in [0.25, 0.3) is 28.0 Å². The highest BCUT2D eigenvalue weighted by Gasteiger charge is 2.17. The summed E-state index contributed by atoms with van der Waals surface area (Å²) in [4.78, 5) is 22.6. The summed E-state index contributed by atoms with van der Waals surface area (Å²) in [5.74, 6) is 1.87. The van der Waals surface area contributed by atoms with Crippen molar-refractivity contribution in [2.24, 2.45) is 0 Å². The van der Waals surface area contributed by atoms with Crippen LogP contribution < -0.4 is 10.3 Å². The van der Waals surface area contributed by atoms with E-state index in [2.05, 4.69) is 10.1 Å². The molecule has 0 N–H and O–H groups in total. The molecular formula is C25H19ClN4O3S. The third-order valence-corrected chi connectivity index (χ3v) is 6.19. The monoisotopic (exact) mass is 490 g/mol. The molecule has 0 aliphatic heterocycles. The van der Waals surface area contributed by atoms with Gasteiger partial charge in [0, 0.05) is 5.02 Å². The molecule has 170 valence electrons. The van der Waals surface area contributed by atoms with E-state index in [9.17, 15) is 4.79 Å². The third-order valence-electron chi connectivity index (χ3n) is 5.03. The Kier molecular flexibility index (Phi) is 6.33. The van der Waals surface area contributed by atoms with Crippen molar-refractivity contribution in [3.8, 4) is 22.8 Å². The zero-order valence-electron chi connectivity index (χ0n) is 18.1. The molecule has 0 amide bonds. The lowest BCUT2D eigenvalue weighted by molar-refractivity contribution is 0.341. The molecule has 7 nitrogen and oxygen atoms in total. The van der Waals surface area contributed by atoms with Gasteiger partial charge in [-0.1, -0.05) is 58.9 Å². The van der Waals surface area contributed by atoms with Crippen LogP contribution in [0, 0.1) is 0 Å². The molecule has 0 spiro atoms. The van der Waals surface area contributed by atoms with Crippen molar-refractivity contribution < 1.29 is 9.26 Å². The molecule has 5 rings (SSSR count). The Bertz CT molecular complexity index is 1530. The molecule has 2 heterocycles. The Morgan fingerprint density at radius 1 is 1.03 bits per heavy atom. The number of hydrogen-bond acceptors (Lipinski definition) is 7. The van der Waals surface area contributed by atoms with Crippen LogP contribution in [0.5, 0.6) is 5.75 Å². The number of nitrogens with zero attached hydrogens (tertiary/aromatic N) is 4. The lowest BCUT2D eigenvalue weighted by Crippen LogP contribution is -2.21. The van der Waals surface area contributed by atoms with Crippen molar-refractivity contribution in [1.82, 2.24) is 19.7 Å². The van der Waals surface area contributed by atoms with E-state index in [0.717, 1.165) is 5.56 Å². The SMILES string of the molecule is CCOc1ccccc1-c1noc(CSc2nc3ccccc3c(=O)n2-c2cccc(Cl)c2)n1. The fourth-order valence-electron chi connectivity index (χ4n) is 3.53. The standard InChI is InChI=1S/C25H19ClN4O3S/c1-2-32-21-13-6-4-11-19(21)23-28-22(33-29-23)15-34-25-27-20-12-5-3-10-18(20)24(31)30(25)17-9-7-8-16(26)14-17/h3-14H,2,15H2,1H3. The largest absolute Gasteiger partial charge is 0.493 e. The first-order valence-corrected chi connectivity index (χ1v) is 12.0. The van der Waals surface area contributed by atoms with Gasteiger partial charge in [-0.2, -0.15) is 4.98 Å². The van der Waals surface area contributed by atoms with Gasteiger partial charge in [-0.15, -0.1) is 0 Å². The van der Waals surface area contributed by atoms with Gasteiger partial charge in [0.15, 0.2) is 5.16 Å². The number of rotatable bonds is 7. The van der Waals surface area contributed by atoms with Crippen LogP contribution in [-0.2, 0) is 5.75 Å². The van der Waals surface area contributed by atoms with Gasteiger partial charge in [0.25, 0.3) is 5.56 Å². The Morgan fingerprint density at radius 2 is 1.85 bits per heavy atom. The average Bonchev–Trinajstić information content (AvgIpc) is 3.32. The summed E-state index contributed by atoms with van der Waals surface area (Å²) in [6.45, 7) is 2.46. The molecule has 0 fully saturated rings. The minimum absolute atomic E-state index is 0.174. The maximum absolute atomic E-state index is 13.4. The van der Waals surface area contributed by atoms with Gasteiger partial charge >= 0.3 is 0 Å². The lowest BCUT2D eigenvalue weighted by atomic mass is 10.2. The number of halogens is 1. The normalized spacial score (nSPS) is 11.1. The van der Waals surface area contributed by atoms with Crippen LogP contribution in [0.15, 0.2) is 87.3 Å². The fourth-order valence-corrected chi connectivity index (χ4v) is 4.57. The molecule has 34 heavy (non-hydrogen) atoms. The van der Waals surface area contributed by atoms with E-state index in [1.807, 2.05) is 55.5 Å². The van der Waals surface area contributed by atoms with Crippen LogP contribution >= 0.6 is 23.4 Å². The van der Waals surface area contributed by atoms with Crippen molar-refractivity contribution >= 4 is 34.3 Å². The van der Waals surface area contributed by atoms with Crippen molar-refractivity contribution in [3.63, 3.8) is 0 Å². The van der Waals surface area contributed by atoms with Crippen molar-refractivity contribution in [2.75, 3.05) is 6.61 Å². The number of benzene rings is 3. The number of para-hydroxylation sites is 2. The molecule has 2 aromatic heterocycles. The highest BCUT2D eigenvalue weighted by molar-refractivity contribution is 7.98. The second-order valence-electron chi connectivity index (χ2n) is 7.26. The lowest BCUT2D eigenvalue weighted by Gasteiger charge is -2.12. The Balaban J connectivity index is 1.50. The summed E-state index contributed by atoms with van der Waals surface area (Å²) < 4.78 is 12.7. The fraction of sp³-hybridized carbons (Fsp3) is 0.120. The molecule has 0 atom stereocenters. The summed E-state index contributed by atoms with van der Waals surface area (Å²) in [7, 11) is 0. The number of hydrogen-bond donors (Lipinski definition) is 0. The summed E-state index contributed by atoms with van der Waals surface area (Å²) in [6.07, 6.45) is 0. The zero-order valence-corrected chi connectivity index (χ0v) is 19.7. The van der Waals surface area contributed by atoms with E-state index in [1.54, 1.807) is 28.8 Å². The smallest absolute Gasteiger partial charge is 0.266 e. The minimum Gasteiger partial charge on any atom is -0.493 e. The predicted octanol–water partition coefficient (Wildman–Crippen LogP) is 5.78. The van der Waals surface area contributed by atoms with E-state index in [1.165, 1.54) is 11.8 Å². The zero-order chi connectivity index (χ0) is 23.5. The Morgan fingerprint density at radius 3 is 2.71 bits per heavy atom. The summed E-state index contributed by atoms with van der Waals surface area (Å²) in [5, 5.41) is 5.67. The van der Waals surface area contributed by atoms with E-state index >= 15 is 0 Å². The van der Waals surface area contributed by atoms with E-state index in [-0.39, 0.29) is 5.56 Å². The molecule has 0 bridgehead atoms. The molecule has 0 aliphatic rings. The van der Waals surface area contributed by atoms with Gasteiger partial charge in [-0.3, -0.25) is 9.36 Å². The first-order valence-electron chi connectivity index (χ1n) is 10.6. The van der Waals surface area contributed by atoms with Crippen LogP contribution in [-0.4, -0.2) is 26.3 Å². The summed E-state index contributed by atoms with van der Waals surface area (Å²) in [5.41, 5.74) is 1.83. The molecule has 0 radical (unpaired) electrons. The molecule has 5 aromatic rings. The molecule has 3 aromatic carbocycles. The molecule has 9 heteroatoms. The average molecular weight is 491 g/mol. The molecule has 0 unspecified atom stereocenters. The van der Waals surface area contributed by atoms with Gasteiger partial charge in [-0.05, 0) is 49.4 Å². The van der Waals surface area contributed by atoms with Crippen LogP contribution in [0.2, 0.25) is 5.02 Å². The van der Waals surface area contributed by atoms with Gasteiger partial charge < -0.3 is 9.26 Å². The van der Waals surface area contributed by atoms with Gasteiger partial charge in [0.1, 0.15) is 5.75 Å². The van der Waals surface area contributed by atoms with Crippen molar-refractivity contribution in [2.45, 2.75) is 17.8 Å². The molecule has 0 aliphatic carbocycles. The first kappa shape index (κ1) is 22.2. The van der Waals surface area contributed by atoms with E-state index in [4.69, 9.17) is 25.8 Å². The molecule has 0 saturated heterocycles. The second kappa shape index (κ2) is 9.70. The van der Waals surface area contributed by atoms with Crippen LogP contribution in [0.4, 0.5) is 0 Å². The number of ether oxygens (including phenoxy) is 1. The van der Waals surface area contributed by atoms with Crippen LogP contribution in [0.3, 0.4) is 0 Å². The van der Waals surface area contributed by atoms with E-state index in [0.29, 0.717) is 56.6 Å². The quantitative estimate of drug-likeness (QED) is 0.211. The highest BCUT2D eigenvalue weighted by Crippen LogP contribution is 2.29. The summed E-state index contributed by atoms with van der Waals surface area (Å²) >= 11 is 7.53. The maximum atomic E-state index is 13.4. The summed E-state index contributed by atoms with van der Waals surface area (Å²) in [6, 6.07) is 21.9. The second-order valence-corrected chi connectivity index (χ2v) is 8.64. The van der Waals surface area contributed by atoms with Crippen molar-refractivity contribution in [3.05, 3.63) is 94.1 Å². The van der Waals surface area contributed by atoms with Gasteiger partial charge in [0.2, 0.25) is 11.7 Å². The topological polar surface area (TPSA) is 83.0 Å². The maximum Gasteiger partial charge on any atom is 0.266 e. The number of fused-ring (bicyclic) bond motifs is 1. The van der Waals surface area contributed by atoms with Gasteiger partial charge in [0.05, 0.1) is 34.5 Å². The molecular weight excluding hydrogens is 472 g/mol. The van der Waals surface area contributed by atoms with Crippen molar-refractivity contribution in [1.29, 1.82) is 0 Å². The molecule has 0 saturated carbocycles. The highest BCUT2D eigenvalue weighted by atomic mass is 35.5. The number of thioether (sulfide) groups is 1. The van der Waals surface area contributed by atoms with E-state index < -0.39 is 0 Å².